The number of benzene rings is 1. The van der Waals surface area contributed by atoms with E-state index in [4.69, 9.17) is 5.73 Å². The van der Waals surface area contributed by atoms with Gasteiger partial charge in [0.25, 0.3) is 0 Å². The lowest BCUT2D eigenvalue weighted by Gasteiger charge is -2.08. The maximum atomic E-state index is 13.7. The number of hydrogen-bond acceptors (Lipinski definition) is 4. The minimum atomic E-state index is -1.15. The number of rotatable bonds is 4. The smallest absolute Gasteiger partial charge is 0.412 e. The van der Waals surface area contributed by atoms with Gasteiger partial charge in [0.1, 0.15) is 6.61 Å². The van der Waals surface area contributed by atoms with Gasteiger partial charge in [-0.2, -0.15) is 0 Å². The fraction of sp³-hybridized carbons (Fsp3) is 0.0909. The van der Waals surface area contributed by atoms with Crippen molar-refractivity contribution in [3.8, 4) is 5.75 Å². The van der Waals surface area contributed by atoms with Gasteiger partial charge in [-0.1, -0.05) is 18.7 Å². The van der Waals surface area contributed by atoms with Crippen LogP contribution < -0.4 is 15.8 Å². The average molecular weight is 254 g/mol. The van der Waals surface area contributed by atoms with Crippen LogP contribution >= 0.6 is 0 Å². The molecule has 18 heavy (non-hydrogen) atoms. The number of anilines is 1. The van der Waals surface area contributed by atoms with E-state index in [-0.39, 0.29) is 18.0 Å². The highest BCUT2D eigenvalue weighted by Gasteiger charge is 2.13. The van der Waals surface area contributed by atoms with Crippen molar-refractivity contribution in [3.63, 3.8) is 0 Å². The molecule has 3 N–H and O–H groups in total. The highest BCUT2D eigenvalue weighted by molar-refractivity contribution is 5.85. The Bertz CT molecular complexity index is 476. The van der Waals surface area contributed by atoms with E-state index >= 15 is 0 Å². The molecule has 2 amide bonds. The zero-order valence-corrected chi connectivity index (χ0v) is 9.31. The lowest BCUT2D eigenvalue weighted by Crippen LogP contribution is -2.18. The van der Waals surface area contributed by atoms with Gasteiger partial charge >= 0.3 is 12.2 Å². The summed E-state index contributed by atoms with van der Waals surface area (Å²) < 4.78 is 22.7. The second-order valence-corrected chi connectivity index (χ2v) is 3.05. The Balaban J connectivity index is 2.80. The van der Waals surface area contributed by atoms with Crippen LogP contribution in [-0.4, -0.2) is 18.8 Å². The van der Waals surface area contributed by atoms with Gasteiger partial charge in [0.15, 0.2) is 11.6 Å². The second kappa shape index (κ2) is 6.24. The molecule has 0 fully saturated rings. The molecule has 0 aliphatic carbocycles. The van der Waals surface area contributed by atoms with E-state index in [1.54, 1.807) is 0 Å². The van der Waals surface area contributed by atoms with Gasteiger partial charge < -0.3 is 15.2 Å². The first-order chi connectivity index (χ1) is 8.54. The Morgan fingerprint density at radius 2 is 2.22 bits per heavy atom. The molecular weight excluding hydrogens is 243 g/mol. The van der Waals surface area contributed by atoms with Crippen LogP contribution in [0.5, 0.6) is 5.75 Å². The molecule has 0 heterocycles. The molecule has 96 valence electrons. The molecule has 0 atom stereocenters. The van der Waals surface area contributed by atoms with E-state index < -0.39 is 18.0 Å². The number of ether oxygens (including phenoxy) is 2. The maximum Gasteiger partial charge on any atom is 0.412 e. The van der Waals surface area contributed by atoms with Crippen LogP contribution in [-0.2, 0) is 4.74 Å². The van der Waals surface area contributed by atoms with Crippen molar-refractivity contribution in [3.05, 3.63) is 36.7 Å². The van der Waals surface area contributed by atoms with E-state index in [9.17, 15) is 14.0 Å². The SMILES string of the molecule is C=CCOC(=O)Nc1cccc(OC(N)=O)c1F. The Kier molecular flexibility index (Phi) is 4.67. The summed E-state index contributed by atoms with van der Waals surface area (Å²) in [7, 11) is 0. The zero-order valence-electron chi connectivity index (χ0n) is 9.31. The Morgan fingerprint density at radius 3 is 2.83 bits per heavy atom. The number of carbonyl (C=O) groups excluding carboxylic acids is 2. The standard InChI is InChI=1S/C11H11FN2O4/c1-2-6-17-11(16)14-7-4-3-5-8(9(7)12)18-10(13)15/h2-5H,1,6H2,(H2,13,15)(H,14,16). The predicted molar refractivity (Wildman–Crippen MR) is 61.8 cm³/mol. The van der Waals surface area contributed by atoms with E-state index in [1.165, 1.54) is 24.3 Å². The van der Waals surface area contributed by atoms with Gasteiger partial charge in [0, 0.05) is 0 Å². The molecule has 0 unspecified atom stereocenters. The molecule has 1 aromatic carbocycles. The first kappa shape index (κ1) is 13.5. The monoisotopic (exact) mass is 254 g/mol. The van der Waals surface area contributed by atoms with E-state index in [2.05, 4.69) is 21.4 Å². The van der Waals surface area contributed by atoms with E-state index in [1.807, 2.05) is 0 Å². The molecule has 7 heteroatoms. The normalized spacial score (nSPS) is 9.39. The molecular formula is C11H11FN2O4. The molecule has 0 spiro atoms. The summed E-state index contributed by atoms with van der Waals surface area (Å²) in [5.41, 5.74) is 4.57. The van der Waals surface area contributed by atoms with Gasteiger partial charge in [-0.05, 0) is 12.1 Å². The zero-order chi connectivity index (χ0) is 13.5. The molecule has 0 bridgehead atoms. The fourth-order valence-corrected chi connectivity index (χ4v) is 1.08. The third-order valence-electron chi connectivity index (χ3n) is 1.74. The summed E-state index contributed by atoms with van der Waals surface area (Å²) in [6.45, 7) is 3.34. The van der Waals surface area contributed by atoms with Gasteiger partial charge in [0.05, 0.1) is 5.69 Å². The summed E-state index contributed by atoms with van der Waals surface area (Å²) in [6.07, 6.45) is -0.645. The van der Waals surface area contributed by atoms with Crippen LogP contribution in [0.15, 0.2) is 30.9 Å². The number of primary amides is 1. The second-order valence-electron chi connectivity index (χ2n) is 3.05. The number of halogens is 1. The first-order valence-corrected chi connectivity index (χ1v) is 4.85. The molecule has 0 aromatic heterocycles. The van der Waals surface area contributed by atoms with Crippen molar-refractivity contribution in [2.45, 2.75) is 0 Å². The summed E-state index contributed by atoms with van der Waals surface area (Å²) in [5, 5.41) is 2.14. The summed E-state index contributed by atoms with van der Waals surface area (Å²) in [6, 6.07) is 3.85. The molecule has 6 nitrogen and oxygen atoms in total. The minimum absolute atomic E-state index is 0.00900. The fourth-order valence-electron chi connectivity index (χ4n) is 1.08. The number of nitrogens with one attached hydrogen (secondary N) is 1. The van der Waals surface area contributed by atoms with E-state index in [0.29, 0.717) is 0 Å². The van der Waals surface area contributed by atoms with Gasteiger partial charge in [-0.3, -0.25) is 5.32 Å². The van der Waals surface area contributed by atoms with Crippen LogP contribution in [0.3, 0.4) is 0 Å². The van der Waals surface area contributed by atoms with Crippen molar-refractivity contribution in [1.82, 2.24) is 0 Å². The summed E-state index contributed by atoms with van der Waals surface area (Å²) >= 11 is 0. The number of nitrogens with two attached hydrogens (primary N) is 1. The van der Waals surface area contributed by atoms with Crippen molar-refractivity contribution in [2.75, 3.05) is 11.9 Å². The van der Waals surface area contributed by atoms with Gasteiger partial charge in [-0.25, -0.2) is 14.0 Å². The van der Waals surface area contributed by atoms with Crippen molar-refractivity contribution < 1.29 is 23.5 Å². The molecule has 1 aromatic rings. The number of amides is 2. The molecule has 0 radical (unpaired) electrons. The summed E-state index contributed by atoms with van der Waals surface area (Å²) in [4.78, 5) is 21.7. The lowest BCUT2D eigenvalue weighted by atomic mass is 10.3. The number of carbonyl (C=O) groups is 2. The molecule has 0 saturated heterocycles. The Hall–Kier alpha value is -2.57. The Morgan fingerprint density at radius 1 is 1.50 bits per heavy atom. The third kappa shape index (κ3) is 3.78. The van der Waals surface area contributed by atoms with Crippen LogP contribution in [0.25, 0.3) is 0 Å². The first-order valence-electron chi connectivity index (χ1n) is 4.85. The maximum absolute atomic E-state index is 13.7. The Labute approximate surface area is 102 Å². The topological polar surface area (TPSA) is 90.7 Å². The predicted octanol–water partition coefficient (Wildman–Crippen LogP) is 2.02. The molecule has 0 aliphatic heterocycles. The average Bonchev–Trinajstić information content (AvgIpc) is 2.31. The van der Waals surface area contributed by atoms with Crippen LogP contribution in [0.1, 0.15) is 0 Å². The van der Waals surface area contributed by atoms with Crippen molar-refractivity contribution in [1.29, 1.82) is 0 Å². The van der Waals surface area contributed by atoms with Crippen molar-refractivity contribution >= 4 is 17.9 Å². The van der Waals surface area contributed by atoms with Gasteiger partial charge in [-0.15, -0.1) is 0 Å². The largest absolute Gasteiger partial charge is 0.445 e. The lowest BCUT2D eigenvalue weighted by molar-refractivity contribution is 0.174. The van der Waals surface area contributed by atoms with Gasteiger partial charge in [0.2, 0.25) is 0 Å². The highest BCUT2D eigenvalue weighted by Crippen LogP contribution is 2.24. The highest BCUT2D eigenvalue weighted by atomic mass is 19.1. The van der Waals surface area contributed by atoms with E-state index in [0.717, 1.165) is 0 Å². The third-order valence-corrected chi connectivity index (χ3v) is 1.74. The van der Waals surface area contributed by atoms with Crippen LogP contribution in [0.2, 0.25) is 0 Å². The summed E-state index contributed by atoms with van der Waals surface area (Å²) in [5.74, 6) is -1.31. The number of hydrogen-bond donors (Lipinski definition) is 2. The minimum Gasteiger partial charge on any atom is -0.445 e. The van der Waals surface area contributed by atoms with Crippen molar-refractivity contribution in [2.24, 2.45) is 5.73 Å². The molecule has 0 aliphatic rings. The van der Waals surface area contributed by atoms with Crippen LogP contribution in [0.4, 0.5) is 19.7 Å². The van der Waals surface area contributed by atoms with Crippen LogP contribution in [0, 0.1) is 5.82 Å². The molecule has 1 rings (SSSR count). The quantitative estimate of drug-likeness (QED) is 0.804. The molecule has 0 saturated carbocycles.